The maximum absolute atomic E-state index is 10.5. The Hall–Kier alpha value is -0.560. The number of aliphatic hydroxyl groups excluding tert-OH is 1. The number of ether oxygens (including phenoxy) is 2. The van der Waals surface area contributed by atoms with E-state index in [0.717, 1.165) is 30.9 Å². The zero-order valence-corrected chi connectivity index (χ0v) is 14.4. The summed E-state index contributed by atoms with van der Waals surface area (Å²) in [5.74, 6) is 1.41. The number of benzene rings is 1. The molecule has 1 aromatic carbocycles. The fourth-order valence-electron chi connectivity index (χ4n) is 2.04. The first kappa shape index (κ1) is 14.4. The molecule has 1 aliphatic heterocycles. The monoisotopic (exact) mass is 418 g/mol. The molecule has 20 heavy (non-hydrogen) atoms. The van der Waals surface area contributed by atoms with Crippen LogP contribution < -0.4 is 9.47 Å². The summed E-state index contributed by atoms with van der Waals surface area (Å²) in [6.45, 7) is 1.29. The van der Waals surface area contributed by atoms with E-state index in [2.05, 4.69) is 31.9 Å². The number of hydrogen-bond acceptors (Lipinski definition) is 4. The molecule has 0 spiro atoms. The molecule has 0 radical (unpaired) electrons. The van der Waals surface area contributed by atoms with Crippen molar-refractivity contribution in [1.29, 1.82) is 0 Å². The van der Waals surface area contributed by atoms with Crippen molar-refractivity contribution in [3.63, 3.8) is 0 Å². The Kier molecular flexibility index (Phi) is 4.35. The largest absolute Gasteiger partial charge is 0.490 e. The van der Waals surface area contributed by atoms with Gasteiger partial charge in [0, 0.05) is 21.3 Å². The second-order valence-electron chi connectivity index (χ2n) is 4.42. The summed E-state index contributed by atoms with van der Waals surface area (Å²) in [5, 5.41) is 10.5. The van der Waals surface area contributed by atoms with Crippen LogP contribution in [-0.4, -0.2) is 18.3 Å². The number of thiophene rings is 1. The van der Waals surface area contributed by atoms with Gasteiger partial charge in [0.2, 0.25) is 0 Å². The number of rotatable bonds is 2. The van der Waals surface area contributed by atoms with E-state index in [4.69, 9.17) is 9.47 Å². The second kappa shape index (κ2) is 6.05. The molecule has 6 heteroatoms. The molecular weight excluding hydrogens is 408 g/mol. The lowest BCUT2D eigenvalue weighted by atomic mass is 10.1. The van der Waals surface area contributed by atoms with Gasteiger partial charge in [-0.2, -0.15) is 0 Å². The van der Waals surface area contributed by atoms with Gasteiger partial charge in [0.25, 0.3) is 0 Å². The molecule has 1 unspecified atom stereocenters. The summed E-state index contributed by atoms with van der Waals surface area (Å²) < 4.78 is 13.1. The molecule has 0 fully saturated rings. The zero-order valence-electron chi connectivity index (χ0n) is 10.4. The molecule has 0 amide bonds. The van der Waals surface area contributed by atoms with Crippen LogP contribution in [0, 0.1) is 0 Å². The molecule has 0 saturated carbocycles. The molecule has 1 N–H and O–H groups in total. The normalized spacial score (nSPS) is 15.8. The lowest BCUT2D eigenvalue weighted by molar-refractivity contribution is 0.222. The summed E-state index contributed by atoms with van der Waals surface area (Å²) in [6, 6.07) is 7.56. The van der Waals surface area contributed by atoms with Crippen LogP contribution >= 0.6 is 43.2 Å². The predicted octanol–water partition coefficient (Wildman–Crippen LogP) is 4.52. The number of hydrogen-bond donors (Lipinski definition) is 1. The van der Waals surface area contributed by atoms with E-state index < -0.39 is 6.10 Å². The van der Waals surface area contributed by atoms with Crippen LogP contribution in [0.3, 0.4) is 0 Å². The predicted molar refractivity (Wildman–Crippen MR) is 85.8 cm³/mol. The number of fused-ring (bicyclic) bond motifs is 1. The van der Waals surface area contributed by atoms with Gasteiger partial charge in [-0.25, -0.2) is 0 Å². The molecule has 106 valence electrons. The van der Waals surface area contributed by atoms with E-state index in [1.165, 1.54) is 11.3 Å². The number of aliphatic hydroxyl groups is 1. The van der Waals surface area contributed by atoms with E-state index in [1.807, 2.05) is 24.3 Å². The first-order valence-electron chi connectivity index (χ1n) is 6.17. The van der Waals surface area contributed by atoms with Crippen LogP contribution in [0.15, 0.2) is 32.5 Å². The van der Waals surface area contributed by atoms with Crippen LogP contribution in [0.4, 0.5) is 0 Å². The van der Waals surface area contributed by atoms with Crippen molar-refractivity contribution < 1.29 is 14.6 Å². The second-order valence-corrected chi connectivity index (χ2v) is 7.76. The van der Waals surface area contributed by atoms with Gasteiger partial charge in [0.15, 0.2) is 11.5 Å². The van der Waals surface area contributed by atoms with Gasteiger partial charge in [0.1, 0.15) is 6.10 Å². The van der Waals surface area contributed by atoms with Crippen LogP contribution in [0.1, 0.15) is 23.0 Å². The molecule has 2 aromatic rings. The third-order valence-corrected chi connectivity index (χ3v) is 5.39. The quantitative estimate of drug-likeness (QED) is 0.777. The average Bonchev–Trinajstić information content (AvgIpc) is 2.73. The molecule has 0 bridgehead atoms. The minimum absolute atomic E-state index is 0.634. The summed E-state index contributed by atoms with van der Waals surface area (Å²) in [6.07, 6.45) is 0.181. The highest BCUT2D eigenvalue weighted by Crippen LogP contribution is 2.40. The molecule has 0 saturated heterocycles. The van der Waals surface area contributed by atoms with E-state index in [-0.39, 0.29) is 0 Å². The van der Waals surface area contributed by atoms with E-state index >= 15 is 0 Å². The maximum atomic E-state index is 10.5. The fourth-order valence-corrected chi connectivity index (χ4v) is 4.01. The summed E-state index contributed by atoms with van der Waals surface area (Å²) in [4.78, 5) is 0.882. The lowest BCUT2D eigenvalue weighted by Gasteiger charge is -2.15. The van der Waals surface area contributed by atoms with Gasteiger partial charge in [0.05, 0.1) is 17.0 Å². The molecule has 1 aromatic heterocycles. The van der Waals surface area contributed by atoms with E-state index in [1.54, 1.807) is 0 Å². The highest BCUT2D eigenvalue weighted by Gasteiger charge is 2.20. The van der Waals surface area contributed by atoms with Crippen LogP contribution in [0.2, 0.25) is 0 Å². The van der Waals surface area contributed by atoms with Crippen molar-refractivity contribution in [2.45, 2.75) is 12.5 Å². The molecule has 2 heterocycles. The van der Waals surface area contributed by atoms with Gasteiger partial charge in [-0.15, -0.1) is 11.3 Å². The molecular formula is C14H12Br2O3S. The highest BCUT2D eigenvalue weighted by atomic mass is 79.9. The van der Waals surface area contributed by atoms with Gasteiger partial charge in [-0.05, 0) is 40.2 Å². The smallest absolute Gasteiger partial charge is 0.162 e. The molecule has 3 rings (SSSR count). The average molecular weight is 420 g/mol. The van der Waals surface area contributed by atoms with Crippen molar-refractivity contribution >= 4 is 43.2 Å². The van der Waals surface area contributed by atoms with Crippen molar-refractivity contribution in [2.75, 3.05) is 13.2 Å². The SMILES string of the molecule is OC(c1ccc(Br)s1)c1cc2c(cc1Br)OCCCO2. The first-order chi connectivity index (χ1) is 9.65. The topological polar surface area (TPSA) is 38.7 Å². The third kappa shape index (κ3) is 2.88. The Labute approximate surface area is 137 Å². The van der Waals surface area contributed by atoms with E-state index in [0.29, 0.717) is 19.0 Å². The molecule has 3 nitrogen and oxygen atoms in total. The summed E-state index contributed by atoms with van der Waals surface area (Å²) >= 11 is 8.43. The highest BCUT2D eigenvalue weighted by molar-refractivity contribution is 9.11. The first-order valence-corrected chi connectivity index (χ1v) is 8.58. The van der Waals surface area contributed by atoms with Gasteiger partial charge in [-0.3, -0.25) is 0 Å². The Morgan fingerprint density at radius 1 is 1.10 bits per heavy atom. The standard InChI is InChI=1S/C14H12Br2O3S/c15-9-7-11-10(18-4-1-5-19-11)6-8(9)14(17)12-2-3-13(16)20-12/h2-3,6-7,14,17H,1,4-5H2. The van der Waals surface area contributed by atoms with E-state index in [9.17, 15) is 5.11 Å². The van der Waals surface area contributed by atoms with Crippen LogP contribution in [0.25, 0.3) is 0 Å². The Bertz CT molecular complexity index is 627. The van der Waals surface area contributed by atoms with Crippen molar-refractivity contribution in [1.82, 2.24) is 0 Å². The lowest BCUT2D eigenvalue weighted by Crippen LogP contribution is -2.00. The Morgan fingerprint density at radius 3 is 2.45 bits per heavy atom. The zero-order chi connectivity index (χ0) is 14.1. The minimum atomic E-state index is -0.683. The van der Waals surface area contributed by atoms with Crippen molar-refractivity contribution in [3.8, 4) is 11.5 Å². The van der Waals surface area contributed by atoms with Gasteiger partial charge >= 0.3 is 0 Å². The molecule has 1 aliphatic rings. The van der Waals surface area contributed by atoms with Crippen LogP contribution in [-0.2, 0) is 0 Å². The molecule has 1 atom stereocenters. The molecule has 0 aliphatic carbocycles. The van der Waals surface area contributed by atoms with Crippen molar-refractivity contribution in [2.24, 2.45) is 0 Å². The summed E-state index contributed by atoms with van der Waals surface area (Å²) in [7, 11) is 0. The Balaban J connectivity index is 1.99. The third-order valence-electron chi connectivity index (χ3n) is 3.02. The van der Waals surface area contributed by atoms with Gasteiger partial charge in [-0.1, -0.05) is 15.9 Å². The summed E-state index contributed by atoms with van der Waals surface area (Å²) in [5.41, 5.74) is 0.781. The Morgan fingerprint density at radius 2 is 1.80 bits per heavy atom. The van der Waals surface area contributed by atoms with Crippen LogP contribution in [0.5, 0.6) is 11.5 Å². The number of halogens is 2. The van der Waals surface area contributed by atoms with Gasteiger partial charge < -0.3 is 14.6 Å². The fraction of sp³-hybridized carbons (Fsp3) is 0.286. The minimum Gasteiger partial charge on any atom is -0.490 e. The maximum Gasteiger partial charge on any atom is 0.162 e. The van der Waals surface area contributed by atoms with Crippen molar-refractivity contribution in [3.05, 3.63) is 43.0 Å².